The molecule has 0 spiro atoms. The molecular weight excluding hydrogens is 380 g/mol. The van der Waals surface area contributed by atoms with Gasteiger partial charge in [-0.1, -0.05) is 17.7 Å². The summed E-state index contributed by atoms with van der Waals surface area (Å²) in [5.41, 5.74) is 1.67. The molecule has 0 saturated carbocycles. The van der Waals surface area contributed by atoms with Crippen LogP contribution in [0.15, 0.2) is 53.4 Å². The normalized spacial score (nSPS) is 12.5. The summed E-state index contributed by atoms with van der Waals surface area (Å²) in [6.45, 7) is 6.78. The van der Waals surface area contributed by atoms with Crippen LogP contribution in [0, 0.1) is 6.92 Å². The van der Waals surface area contributed by atoms with Crippen molar-refractivity contribution in [2.24, 2.45) is 0 Å². The lowest BCUT2D eigenvalue weighted by atomic mass is 10.1. The van der Waals surface area contributed by atoms with Crippen LogP contribution >= 0.6 is 0 Å². The summed E-state index contributed by atoms with van der Waals surface area (Å²) in [6.07, 6.45) is -1.01. The lowest BCUT2D eigenvalue weighted by molar-refractivity contribution is -0.123. The first kappa shape index (κ1) is 21.6. The first-order valence-corrected chi connectivity index (χ1v) is 10.3. The van der Waals surface area contributed by atoms with Crippen molar-refractivity contribution >= 4 is 27.6 Å². The Morgan fingerprint density at radius 1 is 1.00 bits per heavy atom. The van der Waals surface area contributed by atoms with Gasteiger partial charge in [0.15, 0.2) is 6.10 Å². The molecule has 0 fully saturated rings. The van der Waals surface area contributed by atoms with E-state index >= 15 is 0 Å². The van der Waals surface area contributed by atoms with Gasteiger partial charge in [0, 0.05) is 11.7 Å². The predicted molar refractivity (Wildman–Crippen MR) is 107 cm³/mol. The molecule has 0 radical (unpaired) electrons. The van der Waals surface area contributed by atoms with E-state index in [1.807, 2.05) is 13.0 Å². The Labute approximate surface area is 165 Å². The molecule has 0 aliphatic carbocycles. The van der Waals surface area contributed by atoms with Crippen LogP contribution in [0.5, 0.6) is 0 Å². The molecule has 0 unspecified atom stereocenters. The highest BCUT2D eigenvalue weighted by Gasteiger charge is 2.20. The predicted octanol–water partition coefficient (Wildman–Crippen LogP) is 2.87. The van der Waals surface area contributed by atoms with Crippen molar-refractivity contribution in [1.82, 2.24) is 4.72 Å². The van der Waals surface area contributed by atoms with Gasteiger partial charge in [0.05, 0.1) is 10.5 Å². The zero-order chi connectivity index (χ0) is 20.9. The summed E-state index contributed by atoms with van der Waals surface area (Å²) < 4.78 is 31.9. The largest absolute Gasteiger partial charge is 0.449 e. The van der Waals surface area contributed by atoms with E-state index in [2.05, 4.69) is 10.0 Å². The second-order valence-corrected chi connectivity index (χ2v) is 8.42. The zero-order valence-corrected chi connectivity index (χ0v) is 17.0. The molecule has 0 bridgehead atoms. The summed E-state index contributed by atoms with van der Waals surface area (Å²) in [7, 11) is -3.60. The molecule has 0 aromatic heterocycles. The molecule has 2 aromatic carbocycles. The molecule has 7 nitrogen and oxygen atoms in total. The Bertz CT molecular complexity index is 953. The number of carbonyl (C=O) groups is 2. The molecule has 150 valence electrons. The van der Waals surface area contributed by atoms with E-state index in [9.17, 15) is 18.0 Å². The summed E-state index contributed by atoms with van der Waals surface area (Å²) in [5, 5.41) is 2.60. The fourth-order valence-electron chi connectivity index (χ4n) is 2.39. The molecule has 1 atom stereocenters. The van der Waals surface area contributed by atoms with Crippen molar-refractivity contribution in [2.45, 2.75) is 44.7 Å². The maximum absolute atomic E-state index is 12.3. The van der Waals surface area contributed by atoms with Crippen LogP contribution in [0.1, 0.15) is 36.7 Å². The van der Waals surface area contributed by atoms with E-state index in [0.717, 1.165) is 5.56 Å². The van der Waals surface area contributed by atoms with E-state index in [1.54, 1.807) is 32.0 Å². The van der Waals surface area contributed by atoms with Gasteiger partial charge in [0.1, 0.15) is 0 Å². The minimum absolute atomic E-state index is 0.0955. The molecule has 0 saturated heterocycles. The molecule has 0 aliphatic rings. The molecule has 0 heterocycles. The van der Waals surface area contributed by atoms with Crippen LogP contribution in [0.4, 0.5) is 5.69 Å². The van der Waals surface area contributed by atoms with Gasteiger partial charge in [-0.15, -0.1) is 0 Å². The second kappa shape index (κ2) is 8.99. The summed E-state index contributed by atoms with van der Waals surface area (Å²) >= 11 is 0. The summed E-state index contributed by atoms with van der Waals surface area (Å²) in [4.78, 5) is 24.5. The molecule has 28 heavy (non-hydrogen) atoms. The highest BCUT2D eigenvalue weighted by molar-refractivity contribution is 7.89. The fraction of sp³-hybridized carbons (Fsp3) is 0.300. The topological polar surface area (TPSA) is 102 Å². The Kier molecular flexibility index (Phi) is 6.93. The van der Waals surface area contributed by atoms with Crippen molar-refractivity contribution in [3.8, 4) is 0 Å². The minimum atomic E-state index is -3.60. The lowest BCUT2D eigenvalue weighted by Gasteiger charge is -2.14. The number of aryl methyl sites for hydroxylation is 1. The van der Waals surface area contributed by atoms with Gasteiger partial charge in [-0.2, -0.15) is 0 Å². The van der Waals surface area contributed by atoms with Gasteiger partial charge in [0.25, 0.3) is 5.91 Å². The number of sulfonamides is 1. The van der Waals surface area contributed by atoms with Crippen LogP contribution < -0.4 is 10.0 Å². The summed E-state index contributed by atoms with van der Waals surface area (Å²) in [6, 6.07) is 12.4. The van der Waals surface area contributed by atoms with Crippen molar-refractivity contribution in [3.05, 3.63) is 59.7 Å². The molecule has 2 rings (SSSR count). The Balaban J connectivity index is 1.99. The number of anilines is 1. The smallest absolute Gasteiger partial charge is 0.338 e. The van der Waals surface area contributed by atoms with Crippen molar-refractivity contribution in [3.63, 3.8) is 0 Å². The monoisotopic (exact) mass is 404 g/mol. The molecular formula is C20H24N2O5S. The van der Waals surface area contributed by atoms with Crippen LogP contribution in [-0.2, 0) is 19.6 Å². The van der Waals surface area contributed by atoms with Crippen LogP contribution in [0.3, 0.4) is 0 Å². The first-order valence-electron chi connectivity index (χ1n) is 8.79. The third kappa shape index (κ3) is 5.90. The molecule has 2 N–H and O–H groups in total. The number of benzene rings is 2. The van der Waals surface area contributed by atoms with E-state index in [4.69, 9.17) is 4.74 Å². The maximum Gasteiger partial charge on any atom is 0.338 e. The average molecular weight is 404 g/mol. The van der Waals surface area contributed by atoms with E-state index in [0.29, 0.717) is 11.3 Å². The average Bonchev–Trinajstić information content (AvgIpc) is 2.61. The van der Waals surface area contributed by atoms with Gasteiger partial charge in [-0.3, -0.25) is 4.79 Å². The first-order chi connectivity index (χ1) is 13.1. The third-order valence-corrected chi connectivity index (χ3v) is 5.40. The number of ether oxygens (including phenoxy) is 1. The van der Waals surface area contributed by atoms with Gasteiger partial charge >= 0.3 is 5.97 Å². The molecule has 0 aliphatic heterocycles. The van der Waals surface area contributed by atoms with E-state index < -0.39 is 28.0 Å². The number of hydrogen-bond acceptors (Lipinski definition) is 5. The van der Waals surface area contributed by atoms with Gasteiger partial charge < -0.3 is 10.1 Å². The van der Waals surface area contributed by atoms with Crippen molar-refractivity contribution < 1.29 is 22.7 Å². The number of carbonyl (C=O) groups excluding carboxylic acids is 2. The number of esters is 1. The maximum atomic E-state index is 12.3. The van der Waals surface area contributed by atoms with E-state index in [1.165, 1.54) is 31.2 Å². The van der Waals surface area contributed by atoms with Crippen LogP contribution in [0.2, 0.25) is 0 Å². The van der Waals surface area contributed by atoms with Crippen LogP contribution in [-0.4, -0.2) is 32.4 Å². The molecule has 8 heteroatoms. The number of rotatable bonds is 7. The number of nitrogens with one attached hydrogen (secondary N) is 2. The van der Waals surface area contributed by atoms with Gasteiger partial charge in [-0.05, 0) is 64.1 Å². The van der Waals surface area contributed by atoms with E-state index in [-0.39, 0.29) is 10.9 Å². The molecule has 2 aromatic rings. The highest BCUT2D eigenvalue weighted by atomic mass is 32.2. The van der Waals surface area contributed by atoms with Gasteiger partial charge in [0.2, 0.25) is 10.0 Å². The van der Waals surface area contributed by atoms with Gasteiger partial charge in [-0.25, -0.2) is 17.9 Å². The SMILES string of the molecule is Cc1cccc(C(=O)O[C@H](C)C(=O)Nc2ccc(S(=O)(=O)NC(C)C)cc2)c1. The minimum Gasteiger partial charge on any atom is -0.449 e. The zero-order valence-electron chi connectivity index (χ0n) is 16.2. The lowest BCUT2D eigenvalue weighted by Crippen LogP contribution is -2.30. The Morgan fingerprint density at radius 2 is 1.64 bits per heavy atom. The van der Waals surface area contributed by atoms with Crippen molar-refractivity contribution in [1.29, 1.82) is 0 Å². The summed E-state index contributed by atoms with van der Waals surface area (Å²) in [5.74, 6) is -1.11. The number of amides is 1. The van der Waals surface area contributed by atoms with Crippen LogP contribution in [0.25, 0.3) is 0 Å². The number of hydrogen-bond donors (Lipinski definition) is 2. The standard InChI is InChI=1S/C20H24N2O5S/c1-13(2)22-28(25,26)18-10-8-17(9-11-18)21-19(23)15(4)27-20(24)16-7-5-6-14(3)12-16/h5-13,15,22H,1-4H3,(H,21,23)/t15-/m1/s1. The molecule has 1 amide bonds. The van der Waals surface area contributed by atoms with Crippen molar-refractivity contribution in [2.75, 3.05) is 5.32 Å². The second-order valence-electron chi connectivity index (χ2n) is 6.71. The Hall–Kier alpha value is -2.71. The fourth-order valence-corrected chi connectivity index (χ4v) is 3.64. The quantitative estimate of drug-likeness (QED) is 0.691. The highest BCUT2D eigenvalue weighted by Crippen LogP contribution is 2.15. The Morgan fingerprint density at radius 3 is 2.21 bits per heavy atom. The third-order valence-electron chi connectivity index (χ3n) is 3.73.